The zero-order valence-corrected chi connectivity index (χ0v) is 22.2. The Kier molecular flexibility index (Phi) is 6.60. The summed E-state index contributed by atoms with van der Waals surface area (Å²) in [6.07, 6.45) is 0. The van der Waals surface area contributed by atoms with E-state index in [1.54, 1.807) is 54.6 Å². The SMILES string of the molecule is Cc1cc(-c2ccc(C(=O)Nc3nc4cc(N(C)C(=O)c5ccccc5)ccc4n3CC(C)(C)O)s2)on1. The van der Waals surface area contributed by atoms with E-state index in [-0.39, 0.29) is 18.4 Å². The van der Waals surface area contributed by atoms with Gasteiger partial charge in [0, 0.05) is 24.4 Å². The Balaban J connectivity index is 1.46. The number of rotatable bonds is 7. The van der Waals surface area contributed by atoms with E-state index in [0.29, 0.717) is 33.4 Å². The van der Waals surface area contributed by atoms with Crippen LogP contribution in [0.1, 0.15) is 39.6 Å². The molecule has 10 heteroatoms. The van der Waals surface area contributed by atoms with Crippen LogP contribution in [0.4, 0.5) is 11.6 Å². The highest BCUT2D eigenvalue weighted by molar-refractivity contribution is 7.17. The third kappa shape index (κ3) is 5.22. The molecule has 0 unspecified atom stereocenters. The van der Waals surface area contributed by atoms with Crippen molar-refractivity contribution in [2.75, 3.05) is 17.3 Å². The number of carbonyl (C=O) groups is 2. The maximum absolute atomic E-state index is 13.2. The lowest BCUT2D eigenvalue weighted by atomic mass is 10.1. The van der Waals surface area contributed by atoms with Crippen LogP contribution in [0.25, 0.3) is 21.7 Å². The summed E-state index contributed by atoms with van der Waals surface area (Å²) in [6.45, 7) is 5.42. The minimum absolute atomic E-state index is 0.148. The van der Waals surface area contributed by atoms with Gasteiger partial charge in [0.1, 0.15) is 0 Å². The Morgan fingerprint density at radius 2 is 1.87 bits per heavy atom. The fourth-order valence-electron chi connectivity index (χ4n) is 4.10. The Morgan fingerprint density at radius 1 is 1.11 bits per heavy atom. The van der Waals surface area contributed by atoms with Crippen molar-refractivity contribution in [1.82, 2.24) is 14.7 Å². The maximum Gasteiger partial charge on any atom is 0.268 e. The first kappa shape index (κ1) is 25.4. The van der Waals surface area contributed by atoms with Crippen molar-refractivity contribution in [3.8, 4) is 10.6 Å². The first-order chi connectivity index (χ1) is 18.1. The lowest BCUT2D eigenvalue weighted by Gasteiger charge is -2.20. The molecule has 5 aromatic rings. The first-order valence-corrected chi connectivity index (χ1v) is 12.8. The summed E-state index contributed by atoms with van der Waals surface area (Å²) in [5, 5.41) is 17.4. The molecule has 2 N–H and O–H groups in total. The number of aliphatic hydroxyl groups is 1. The monoisotopic (exact) mass is 529 g/mol. The highest BCUT2D eigenvalue weighted by Gasteiger charge is 2.23. The molecule has 5 rings (SSSR count). The summed E-state index contributed by atoms with van der Waals surface area (Å²) in [6, 6.07) is 19.8. The van der Waals surface area contributed by atoms with Crippen LogP contribution in [0.3, 0.4) is 0 Å². The van der Waals surface area contributed by atoms with Gasteiger partial charge in [-0.05, 0) is 63.2 Å². The molecule has 0 saturated carbocycles. The molecule has 0 bridgehead atoms. The van der Waals surface area contributed by atoms with E-state index in [9.17, 15) is 14.7 Å². The van der Waals surface area contributed by atoms with E-state index in [0.717, 1.165) is 16.1 Å². The average molecular weight is 530 g/mol. The van der Waals surface area contributed by atoms with E-state index < -0.39 is 5.60 Å². The van der Waals surface area contributed by atoms with Crippen molar-refractivity contribution >= 4 is 45.8 Å². The molecule has 2 aromatic carbocycles. The number of thiophene rings is 1. The molecule has 3 heterocycles. The number of aromatic nitrogens is 3. The van der Waals surface area contributed by atoms with Crippen LogP contribution in [-0.2, 0) is 6.54 Å². The third-order valence-electron chi connectivity index (χ3n) is 5.92. The Morgan fingerprint density at radius 3 is 2.55 bits per heavy atom. The molecular formula is C28H27N5O4S. The zero-order valence-electron chi connectivity index (χ0n) is 21.4. The normalized spacial score (nSPS) is 11.6. The van der Waals surface area contributed by atoms with E-state index in [4.69, 9.17) is 4.52 Å². The van der Waals surface area contributed by atoms with Crippen LogP contribution in [0, 0.1) is 6.92 Å². The van der Waals surface area contributed by atoms with Crippen molar-refractivity contribution in [3.05, 3.63) is 82.9 Å². The number of anilines is 2. The highest BCUT2D eigenvalue weighted by atomic mass is 32.1. The molecule has 0 aliphatic rings. The van der Waals surface area contributed by atoms with Gasteiger partial charge in [0.15, 0.2) is 5.76 Å². The van der Waals surface area contributed by atoms with E-state index in [1.165, 1.54) is 11.3 Å². The number of benzene rings is 2. The number of amides is 2. The molecule has 0 saturated heterocycles. The summed E-state index contributed by atoms with van der Waals surface area (Å²) in [5.74, 6) is 0.417. The van der Waals surface area contributed by atoms with E-state index in [1.807, 2.05) is 49.4 Å². The summed E-state index contributed by atoms with van der Waals surface area (Å²) >= 11 is 1.28. The van der Waals surface area contributed by atoms with Crippen LogP contribution < -0.4 is 10.2 Å². The largest absolute Gasteiger partial charge is 0.389 e. The average Bonchev–Trinajstić information content (AvgIpc) is 3.62. The highest BCUT2D eigenvalue weighted by Crippen LogP contribution is 2.31. The van der Waals surface area contributed by atoms with Crippen molar-refractivity contribution in [2.24, 2.45) is 0 Å². The van der Waals surface area contributed by atoms with Crippen LogP contribution in [-0.4, -0.2) is 44.3 Å². The van der Waals surface area contributed by atoms with Gasteiger partial charge in [-0.2, -0.15) is 0 Å². The second kappa shape index (κ2) is 9.88. The first-order valence-electron chi connectivity index (χ1n) is 12.0. The number of imidazole rings is 1. The van der Waals surface area contributed by atoms with Crippen LogP contribution in [0.15, 0.2) is 71.3 Å². The maximum atomic E-state index is 13.2. The van der Waals surface area contributed by atoms with Gasteiger partial charge in [-0.25, -0.2) is 4.98 Å². The minimum Gasteiger partial charge on any atom is -0.389 e. The topological polar surface area (TPSA) is 113 Å². The lowest BCUT2D eigenvalue weighted by Crippen LogP contribution is -2.27. The molecule has 3 aromatic heterocycles. The summed E-state index contributed by atoms with van der Waals surface area (Å²) in [4.78, 5) is 33.6. The molecule has 0 fully saturated rings. The molecule has 2 amide bonds. The fraction of sp³-hybridized carbons (Fsp3) is 0.214. The number of hydrogen-bond donors (Lipinski definition) is 2. The quantitative estimate of drug-likeness (QED) is 0.293. The van der Waals surface area contributed by atoms with E-state index in [2.05, 4.69) is 15.5 Å². The van der Waals surface area contributed by atoms with Gasteiger partial charge in [-0.3, -0.25) is 14.9 Å². The minimum atomic E-state index is -1.06. The predicted octanol–water partition coefficient (Wildman–Crippen LogP) is 5.36. The lowest BCUT2D eigenvalue weighted by molar-refractivity contribution is 0.0630. The Bertz CT molecular complexity index is 1630. The van der Waals surface area contributed by atoms with Crippen LogP contribution in [0.2, 0.25) is 0 Å². The number of aryl methyl sites for hydroxylation is 1. The van der Waals surface area contributed by atoms with Gasteiger partial charge in [0.05, 0.1) is 38.6 Å². The molecule has 0 atom stereocenters. The smallest absolute Gasteiger partial charge is 0.268 e. The molecule has 194 valence electrons. The molecule has 0 aliphatic heterocycles. The summed E-state index contributed by atoms with van der Waals surface area (Å²) < 4.78 is 7.08. The summed E-state index contributed by atoms with van der Waals surface area (Å²) in [5.41, 5.74) is 2.23. The number of fused-ring (bicyclic) bond motifs is 1. The molecule has 0 radical (unpaired) electrons. The van der Waals surface area contributed by atoms with E-state index >= 15 is 0 Å². The van der Waals surface area contributed by atoms with Crippen molar-refractivity contribution in [1.29, 1.82) is 0 Å². The fourth-order valence-corrected chi connectivity index (χ4v) is 4.95. The molecule has 38 heavy (non-hydrogen) atoms. The number of nitrogens with zero attached hydrogens (tertiary/aromatic N) is 4. The molecule has 9 nitrogen and oxygen atoms in total. The Labute approximate surface area is 223 Å². The second-order valence-electron chi connectivity index (χ2n) is 9.69. The third-order valence-corrected chi connectivity index (χ3v) is 7.01. The van der Waals surface area contributed by atoms with Gasteiger partial charge >= 0.3 is 0 Å². The van der Waals surface area contributed by atoms with Gasteiger partial charge in [0.2, 0.25) is 5.95 Å². The van der Waals surface area contributed by atoms with Crippen molar-refractivity contribution in [2.45, 2.75) is 32.9 Å². The molecule has 0 aliphatic carbocycles. The van der Waals surface area contributed by atoms with Crippen LogP contribution in [0.5, 0.6) is 0 Å². The van der Waals surface area contributed by atoms with Gasteiger partial charge in [0.25, 0.3) is 11.8 Å². The standard InChI is InChI=1S/C28H27N5O4S/c1-17-14-22(37-31-17)23-12-13-24(38-23)25(34)30-27-29-20-15-19(10-11-21(20)33(27)16-28(2,3)36)32(4)26(35)18-8-6-5-7-9-18/h5-15,36H,16H2,1-4H3,(H,29,30,34). The van der Waals surface area contributed by atoms with Gasteiger partial charge in [-0.1, -0.05) is 23.4 Å². The van der Waals surface area contributed by atoms with Gasteiger partial charge < -0.3 is 19.1 Å². The van der Waals surface area contributed by atoms with Crippen molar-refractivity contribution in [3.63, 3.8) is 0 Å². The van der Waals surface area contributed by atoms with Crippen molar-refractivity contribution < 1.29 is 19.2 Å². The Hall–Kier alpha value is -4.28. The summed E-state index contributed by atoms with van der Waals surface area (Å²) in [7, 11) is 1.71. The van der Waals surface area contributed by atoms with Crippen LogP contribution >= 0.6 is 11.3 Å². The molecule has 0 spiro atoms. The number of nitrogens with one attached hydrogen (secondary N) is 1. The number of hydrogen-bond acceptors (Lipinski definition) is 7. The second-order valence-corrected chi connectivity index (χ2v) is 10.8. The molecular weight excluding hydrogens is 502 g/mol. The van der Waals surface area contributed by atoms with Gasteiger partial charge in [-0.15, -0.1) is 11.3 Å². The zero-order chi connectivity index (χ0) is 27.0. The number of carbonyl (C=O) groups excluding carboxylic acids is 2. The predicted molar refractivity (Wildman–Crippen MR) is 148 cm³/mol.